The molecule has 0 bridgehead atoms. The second-order valence-corrected chi connectivity index (χ2v) is 6.25. The van der Waals surface area contributed by atoms with Crippen LogP contribution >= 0.6 is 27.5 Å². The molecule has 110 valence electrons. The molecule has 0 aliphatic carbocycles. The first kappa shape index (κ1) is 14.5. The van der Waals surface area contributed by atoms with Gasteiger partial charge in [-0.3, -0.25) is 0 Å². The number of hydrogen-bond donors (Lipinski definition) is 1. The van der Waals surface area contributed by atoms with Gasteiger partial charge in [0.2, 0.25) is 0 Å². The second kappa shape index (κ2) is 6.16. The first-order valence-electron chi connectivity index (χ1n) is 6.68. The van der Waals surface area contributed by atoms with Crippen LogP contribution in [0.3, 0.4) is 0 Å². The zero-order valence-electron chi connectivity index (χ0n) is 11.5. The lowest BCUT2D eigenvalue weighted by atomic mass is 10.1. The van der Waals surface area contributed by atoms with Gasteiger partial charge in [-0.1, -0.05) is 27.5 Å². The van der Waals surface area contributed by atoms with Crippen molar-refractivity contribution in [2.75, 3.05) is 19.0 Å². The van der Waals surface area contributed by atoms with E-state index in [-0.39, 0.29) is 6.10 Å². The van der Waals surface area contributed by atoms with Crippen molar-refractivity contribution in [3.8, 4) is 11.5 Å². The highest BCUT2D eigenvalue weighted by Crippen LogP contribution is 2.32. The van der Waals surface area contributed by atoms with Crippen molar-refractivity contribution < 1.29 is 9.47 Å². The Kier molecular flexibility index (Phi) is 4.27. The summed E-state index contributed by atoms with van der Waals surface area (Å²) in [6.45, 7) is 0.731. The molecule has 3 rings (SSSR count). The predicted octanol–water partition coefficient (Wildman–Crippen LogP) is 4.53. The van der Waals surface area contributed by atoms with Crippen LogP contribution in [0.15, 0.2) is 40.9 Å². The maximum absolute atomic E-state index is 6.11. The Labute approximate surface area is 137 Å². The lowest BCUT2D eigenvalue weighted by Crippen LogP contribution is -2.23. The van der Waals surface area contributed by atoms with Crippen LogP contribution in [0.2, 0.25) is 5.02 Å². The number of anilines is 1. The molecule has 1 heterocycles. The van der Waals surface area contributed by atoms with Crippen molar-refractivity contribution in [1.29, 1.82) is 0 Å². The number of ether oxygens (including phenoxy) is 2. The van der Waals surface area contributed by atoms with Crippen molar-refractivity contribution in [2.45, 2.75) is 12.5 Å². The molecule has 1 unspecified atom stereocenters. The van der Waals surface area contributed by atoms with Gasteiger partial charge < -0.3 is 14.8 Å². The zero-order chi connectivity index (χ0) is 14.8. The van der Waals surface area contributed by atoms with E-state index in [4.69, 9.17) is 21.1 Å². The van der Waals surface area contributed by atoms with E-state index in [2.05, 4.69) is 27.3 Å². The van der Waals surface area contributed by atoms with E-state index >= 15 is 0 Å². The fourth-order valence-corrected chi connectivity index (χ4v) is 3.08. The summed E-state index contributed by atoms with van der Waals surface area (Å²) in [5.74, 6) is 1.65. The Hall–Kier alpha value is -1.39. The van der Waals surface area contributed by atoms with Gasteiger partial charge >= 0.3 is 0 Å². The largest absolute Gasteiger partial charge is 0.495 e. The SMILES string of the molecule is COc1ccc(NCC2Cc3cc(Br)ccc3O2)cc1Cl. The summed E-state index contributed by atoms with van der Waals surface area (Å²) in [5.41, 5.74) is 2.20. The minimum absolute atomic E-state index is 0.134. The lowest BCUT2D eigenvalue weighted by Gasteiger charge is -2.13. The Morgan fingerprint density at radius 3 is 2.95 bits per heavy atom. The highest BCUT2D eigenvalue weighted by Gasteiger charge is 2.22. The van der Waals surface area contributed by atoms with Crippen LogP contribution in [0.25, 0.3) is 0 Å². The predicted molar refractivity (Wildman–Crippen MR) is 88.8 cm³/mol. The van der Waals surface area contributed by atoms with Gasteiger partial charge in [-0.15, -0.1) is 0 Å². The highest BCUT2D eigenvalue weighted by molar-refractivity contribution is 9.10. The molecule has 0 spiro atoms. The van der Waals surface area contributed by atoms with E-state index in [1.54, 1.807) is 7.11 Å². The molecule has 5 heteroatoms. The van der Waals surface area contributed by atoms with Crippen LogP contribution in [-0.2, 0) is 6.42 Å². The van der Waals surface area contributed by atoms with Crippen LogP contribution in [-0.4, -0.2) is 19.8 Å². The molecule has 0 amide bonds. The topological polar surface area (TPSA) is 30.5 Å². The molecule has 0 radical (unpaired) electrons. The molecule has 1 aliphatic rings. The van der Waals surface area contributed by atoms with E-state index in [0.29, 0.717) is 10.8 Å². The van der Waals surface area contributed by atoms with Gasteiger partial charge in [-0.2, -0.15) is 0 Å². The van der Waals surface area contributed by atoms with Gasteiger partial charge in [-0.25, -0.2) is 0 Å². The van der Waals surface area contributed by atoms with E-state index in [9.17, 15) is 0 Å². The van der Waals surface area contributed by atoms with Crippen LogP contribution in [0, 0.1) is 0 Å². The first-order valence-corrected chi connectivity index (χ1v) is 7.85. The zero-order valence-corrected chi connectivity index (χ0v) is 13.9. The molecular formula is C16H15BrClNO2. The monoisotopic (exact) mass is 367 g/mol. The molecule has 3 nitrogen and oxygen atoms in total. The van der Waals surface area contributed by atoms with Crippen molar-refractivity contribution in [2.24, 2.45) is 0 Å². The molecule has 0 fully saturated rings. The number of nitrogens with one attached hydrogen (secondary N) is 1. The van der Waals surface area contributed by atoms with Crippen LogP contribution in [0.4, 0.5) is 5.69 Å². The van der Waals surface area contributed by atoms with Gasteiger partial charge in [0.15, 0.2) is 0 Å². The third-order valence-corrected chi connectivity index (χ3v) is 4.24. The summed E-state index contributed by atoms with van der Waals surface area (Å²) in [7, 11) is 1.61. The summed E-state index contributed by atoms with van der Waals surface area (Å²) in [6.07, 6.45) is 1.04. The summed E-state index contributed by atoms with van der Waals surface area (Å²) in [5, 5.41) is 3.95. The number of methoxy groups -OCH3 is 1. The number of halogens is 2. The number of rotatable bonds is 4. The average Bonchev–Trinajstić information content (AvgIpc) is 2.87. The van der Waals surface area contributed by atoms with E-state index in [1.807, 2.05) is 30.3 Å². The maximum atomic E-state index is 6.11. The Balaban J connectivity index is 1.61. The Bertz CT molecular complexity index is 663. The van der Waals surface area contributed by atoms with E-state index in [0.717, 1.165) is 28.9 Å². The summed E-state index contributed by atoms with van der Waals surface area (Å²) < 4.78 is 12.1. The van der Waals surface area contributed by atoms with Crippen molar-refractivity contribution in [3.05, 3.63) is 51.5 Å². The molecule has 21 heavy (non-hydrogen) atoms. The maximum Gasteiger partial charge on any atom is 0.137 e. The Morgan fingerprint density at radius 1 is 1.33 bits per heavy atom. The summed E-state index contributed by atoms with van der Waals surface area (Å²) in [6, 6.07) is 11.8. The molecule has 0 saturated carbocycles. The summed E-state index contributed by atoms with van der Waals surface area (Å²) >= 11 is 9.60. The van der Waals surface area contributed by atoms with Crippen LogP contribution in [0.1, 0.15) is 5.56 Å². The number of hydrogen-bond acceptors (Lipinski definition) is 3. The molecule has 0 saturated heterocycles. The molecule has 2 aromatic carbocycles. The fraction of sp³-hybridized carbons (Fsp3) is 0.250. The van der Waals surface area contributed by atoms with Crippen molar-refractivity contribution in [1.82, 2.24) is 0 Å². The standard InChI is InChI=1S/C16H15BrClNO2/c1-20-16-5-3-12(8-14(16)18)19-9-13-7-10-6-11(17)2-4-15(10)21-13/h2-6,8,13,19H,7,9H2,1H3. The molecular weight excluding hydrogens is 354 g/mol. The minimum atomic E-state index is 0.134. The van der Waals surface area contributed by atoms with Gasteiger partial charge in [0, 0.05) is 16.6 Å². The molecule has 1 atom stereocenters. The van der Waals surface area contributed by atoms with E-state index < -0.39 is 0 Å². The Morgan fingerprint density at radius 2 is 2.19 bits per heavy atom. The number of fused-ring (bicyclic) bond motifs is 1. The summed E-state index contributed by atoms with van der Waals surface area (Å²) in [4.78, 5) is 0. The van der Waals surface area contributed by atoms with Crippen molar-refractivity contribution >= 4 is 33.2 Å². The molecule has 0 aromatic heterocycles. The second-order valence-electron chi connectivity index (χ2n) is 4.93. The molecule has 1 aliphatic heterocycles. The quantitative estimate of drug-likeness (QED) is 0.860. The third-order valence-electron chi connectivity index (χ3n) is 3.45. The van der Waals surface area contributed by atoms with Gasteiger partial charge in [0.25, 0.3) is 0 Å². The minimum Gasteiger partial charge on any atom is -0.495 e. The van der Waals surface area contributed by atoms with Crippen LogP contribution in [0.5, 0.6) is 11.5 Å². The molecule has 2 aromatic rings. The number of benzene rings is 2. The molecule has 1 N–H and O–H groups in total. The van der Waals surface area contributed by atoms with Crippen LogP contribution < -0.4 is 14.8 Å². The first-order chi connectivity index (χ1) is 10.2. The van der Waals surface area contributed by atoms with E-state index in [1.165, 1.54) is 5.56 Å². The smallest absolute Gasteiger partial charge is 0.137 e. The highest BCUT2D eigenvalue weighted by atomic mass is 79.9. The average molecular weight is 369 g/mol. The van der Waals surface area contributed by atoms with Gasteiger partial charge in [-0.05, 0) is 42.0 Å². The van der Waals surface area contributed by atoms with Crippen molar-refractivity contribution in [3.63, 3.8) is 0 Å². The van der Waals surface area contributed by atoms with Gasteiger partial charge in [0.05, 0.1) is 18.7 Å². The third kappa shape index (κ3) is 3.27. The fourth-order valence-electron chi connectivity index (χ4n) is 2.41. The van der Waals surface area contributed by atoms with Gasteiger partial charge in [0.1, 0.15) is 17.6 Å². The normalized spacial score (nSPS) is 16.2. The lowest BCUT2D eigenvalue weighted by molar-refractivity contribution is 0.246.